The zero-order valence-corrected chi connectivity index (χ0v) is 14.3. The first-order valence-electron chi connectivity index (χ1n) is 6.36. The molecule has 23 heavy (non-hydrogen) atoms. The van der Waals surface area contributed by atoms with Gasteiger partial charge in [0.1, 0.15) is 5.92 Å². The molecule has 1 atom stereocenters. The highest BCUT2D eigenvalue weighted by molar-refractivity contribution is 7.89. The number of rotatable bonds is 6. The molecule has 0 aliphatic carbocycles. The number of amides is 1. The predicted octanol–water partition coefficient (Wildman–Crippen LogP) is 0.763. The minimum atomic E-state index is -3.71. The first-order chi connectivity index (χ1) is 10.8. The Hall–Kier alpha value is -2.20. The number of ether oxygens (including phenoxy) is 2. The number of nitrogens with one attached hydrogen (secondary N) is 1. The van der Waals surface area contributed by atoms with Crippen LogP contribution in [0.1, 0.15) is 16.6 Å². The van der Waals surface area contributed by atoms with E-state index in [1.807, 2.05) is 4.72 Å². The van der Waals surface area contributed by atoms with E-state index in [1.54, 1.807) is 17.5 Å². The Morgan fingerprint density at radius 2 is 1.87 bits per heavy atom. The zero-order valence-electron chi connectivity index (χ0n) is 12.6. The van der Waals surface area contributed by atoms with E-state index in [4.69, 9.17) is 9.47 Å². The van der Waals surface area contributed by atoms with Gasteiger partial charge in [-0.25, -0.2) is 8.42 Å². The zero-order chi connectivity index (χ0) is 17.0. The molecule has 1 unspecified atom stereocenters. The molecule has 1 amide bonds. The molecule has 0 radical (unpaired) electrons. The van der Waals surface area contributed by atoms with Gasteiger partial charge in [0, 0.05) is 4.88 Å². The van der Waals surface area contributed by atoms with Gasteiger partial charge in [0.25, 0.3) is 0 Å². The molecule has 10 heteroatoms. The molecular weight excluding hydrogens is 342 g/mol. The number of nitrogens with zero attached hydrogens (tertiary/aromatic N) is 2. The third-order valence-corrected chi connectivity index (χ3v) is 4.26. The first kappa shape index (κ1) is 17.2. The van der Waals surface area contributed by atoms with Crippen LogP contribution in [0.5, 0.6) is 11.8 Å². The highest BCUT2D eigenvalue weighted by Crippen LogP contribution is 2.29. The van der Waals surface area contributed by atoms with Crippen molar-refractivity contribution in [1.29, 1.82) is 0 Å². The van der Waals surface area contributed by atoms with Crippen molar-refractivity contribution in [1.82, 2.24) is 14.7 Å². The molecule has 0 saturated carbocycles. The van der Waals surface area contributed by atoms with Crippen LogP contribution in [0.25, 0.3) is 0 Å². The van der Waals surface area contributed by atoms with Crippen LogP contribution in [-0.4, -0.2) is 44.8 Å². The number of hydrogen-bond donors (Lipinski definition) is 1. The fourth-order valence-corrected chi connectivity index (χ4v) is 3.13. The van der Waals surface area contributed by atoms with Gasteiger partial charge in [-0.2, -0.15) is 9.97 Å². The minimum Gasteiger partial charge on any atom is -0.481 e. The van der Waals surface area contributed by atoms with Gasteiger partial charge in [-0.3, -0.25) is 9.52 Å². The van der Waals surface area contributed by atoms with Gasteiger partial charge in [-0.05, 0) is 11.4 Å². The number of carbonyl (C=O) groups excluding carboxylic acids is 1. The lowest BCUT2D eigenvalue weighted by molar-refractivity contribution is -0.120. The molecule has 0 bridgehead atoms. The number of thiophene rings is 1. The number of sulfonamides is 1. The van der Waals surface area contributed by atoms with E-state index in [2.05, 4.69) is 9.97 Å². The van der Waals surface area contributed by atoms with E-state index in [-0.39, 0.29) is 17.6 Å². The average Bonchev–Trinajstić information content (AvgIpc) is 2.99. The lowest BCUT2D eigenvalue weighted by atomic mass is 10.1. The summed E-state index contributed by atoms with van der Waals surface area (Å²) in [6.45, 7) is 0. The molecule has 0 saturated heterocycles. The molecule has 0 fully saturated rings. The monoisotopic (exact) mass is 357 g/mol. The maximum Gasteiger partial charge on any atom is 0.249 e. The molecule has 2 rings (SSSR count). The van der Waals surface area contributed by atoms with Crippen LogP contribution >= 0.6 is 11.3 Å². The Morgan fingerprint density at radius 1 is 1.26 bits per heavy atom. The SMILES string of the molecule is COc1cc(OC)nc(C(C(=O)NS(C)(=O)=O)c2cccs2)n1. The molecule has 124 valence electrons. The molecule has 2 heterocycles. The summed E-state index contributed by atoms with van der Waals surface area (Å²) in [7, 11) is -0.874. The largest absolute Gasteiger partial charge is 0.481 e. The van der Waals surface area contributed by atoms with E-state index < -0.39 is 21.8 Å². The third-order valence-electron chi connectivity index (χ3n) is 2.75. The van der Waals surface area contributed by atoms with Gasteiger partial charge in [0.15, 0.2) is 5.82 Å². The highest BCUT2D eigenvalue weighted by atomic mass is 32.2. The van der Waals surface area contributed by atoms with Crippen molar-refractivity contribution in [3.05, 3.63) is 34.3 Å². The van der Waals surface area contributed by atoms with Crippen molar-refractivity contribution in [2.75, 3.05) is 20.5 Å². The van der Waals surface area contributed by atoms with E-state index >= 15 is 0 Å². The second-order valence-corrected chi connectivity index (χ2v) is 7.23. The molecule has 1 N–H and O–H groups in total. The summed E-state index contributed by atoms with van der Waals surface area (Å²) < 4.78 is 34.8. The van der Waals surface area contributed by atoms with Crippen LogP contribution in [0.2, 0.25) is 0 Å². The van der Waals surface area contributed by atoms with Crippen LogP contribution in [0.4, 0.5) is 0 Å². The van der Waals surface area contributed by atoms with Crippen molar-refractivity contribution < 1.29 is 22.7 Å². The molecule has 0 aliphatic rings. The van der Waals surface area contributed by atoms with Gasteiger partial charge in [0.2, 0.25) is 27.7 Å². The van der Waals surface area contributed by atoms with Gasteiger partial charge >= 0.3 is 0 Å². The van der Waals surface area contributed by atoms with E-state index in [0.29, 0.717) is 4.88 Å². The Labute approximate surface area is 137 Å². The predicted molar refractivity (Wildman–Crippen MR) is 84.3 cm³/mol. The lowest BCUT2D eigenvalue weighted by Crippen LogP contribution is -2.34. The number of carbonyl (C=O) groups is 1. The van der Waals surface area contributed by atoms with Crippen LogP contribution in [0.15, 0.2) is 23.6 Å². The van der Waals surface area contributed by atoms with Crippen LogP contribution in [0, 0.1) is 0 Å². The Balaban J connectivity index is 2.52. The fourth-order valence-electron chi connectivity index (χ4n) is 1.83. The van der Waals surface area contributed by atoms with Crippen molar-refractivity contribution in [3.63, 3.8) is 0 Å². The standard InChI is InChI=1S/C13H15N3O5S2/c1-20-9-7-10(21-2)15-12(14-9)11(8-5-4-6-22-8)13(17)16-23(3,18)19/h4-7,11H,1-3H3,(H,16,17). The number of hydrogen-bond acceptors (Lipinski definition) is 8. The van der Waals surface area contributed by atoms with Crippen molar-refractivity contribution in [3.8, 4) is 11.8 Å². The second-order valence-electron chi connectivity index (χ2n) is 4.50. The molecule has 2 aromatic rings. The smallest absolute Gasteiger partial charge is 0.249 e. The molecule has 0 aromatic carbocycles. The summed E-state index contributed by atoms with van der Waals surface area (Å²) in [5, 5.41) is 1.77. The highest BCUT2D eigenvalue weighted by Gasteiger charge is 2.29. The Bertz CT molecular complexity index is 768. The van der Waals surface area contributed by atoms with Gasteiger partial charge < -0.3 is 9.47 Å². The number of aromatic nitrogens is 2. The summed E-state index contributed by atoms with van der Waals surface area (Å²) in [5.74, 6) is -1.23. The van der Waals surface area contributed by atoms with Gasteiger partial charge in [-0.15, -0.1) is 11.3 Å². The maximum atomic E-state index is 12.4. The lowest BCUT2D eigenvalue weighted by Gasteiger charge is -2.15. The summed E-state index contributed by atoms with van der Waals surface area (Å²) in [5.41, 5.74) is 0. The molecular formula is C13H15N3O5S2. The summed E-state index contributed by atoms with van der Waals surface area (Å²) in [4.78, 5) is 21.3. The van der Waals surface area contributed by atoms with Crippen LogP contribution in [-0.2, 0) is 14.8 Å². The van der Waals surface area contributed by atoms with Crippen LogP contribution in [0.3, 0.4) is 0 Å². The molecule has 0 spiro atoms. The minimum absolute atomic E-state index is 0.0878. The third kappa shape index (κ3) is 4.39. The fraction of sp³-hybridized carbons (Fsp3) is 0.308. The summed E-state index contributed by atoms with van der Waals surface area (Å²) in [6.07, 6.45) is 0.906. The van der Waals surface area contributed by atoms with E-state index in [0.717, 1.165) is 6.26 Å². The van der Waals surface area contributed by atoms with Crippen molar-refractivity contribution in [2.45, 2.75) is 5.92 Å². The van der Waals surface area contributed by atoms with E-state index in [1.165, 1.54) is 31.6 Å². The summed E-state index contributed by atoms with van der Waals surface area (Å²) in [6, 6.07) is 4.91. The summed E-state index contributed by atoms with van der Waals surface area (Å²) >= 11 is 1.29. The van der Waals surface area contributed by atoms with Crippen molar-refractivity contribution in [2.24, 2.45) is 0 Å². The molecule has 2 aromatic heterocycles. The topological polar surface area (TPSA) is 107 Å². The van der Waals surface area contributed by atoms with E-state index in [9.17, 15) is 13.2 Å². The normalized spacial score (nSPS) is 12.5. The van der Waals surface area contributed by atoms with Crippen molar-refractivity contribution >= 4 is 27.3 Å². The Kier molecular flexibility index (Phi) is 5.16. The van der Waals surface area contributed by atoms with Gasteiger partial charge in [0.05, 0.1) is 26.5 Å². The quantitative estimate of drug-likeness (QED) is 0.813. The Morgan fingerprint density at radius 3 is 2.30 bits per heavy atom. The van der Waals surface area contributed by atoms with Crippen LogP contribution < -0.4 is 14.2 Å². The molecule has 0 aliphatic heterocycles. The first-order valence-corrected chi connectivity index (χ1v) is 9.13. The molecule has 8 nitrogen and oxygen atoms in total. The second kappa shape index (κ2) is 6.92. The maximum absolute atomic E-state index is 12.4. The number of methoxy groups -OCH3 is 2. The van der Waals surface area contributed by atoms with Gasteiger partial charge in [-0.1, -0.05) is 6.07 Å². The average molecular weight is 357 g/mol.